The van der Waals surface area contributed by atoms with Crippen LogP contribution in [0, 0.1) is 5.82 Å². The lowest BCUT2D eigenvalue weighted by Gasteiger charge is -2.22. The first kappa shape index (κ1) is 16.1. The lowest BCUT2D eigenvalue weighted by atomic mass is 10.1. The largest absolute Gasteiger partial charge is 0.350 e. The monoisotopic (exact) mass is 330 g/mol. The fourth-order valence-corrected chi connectivity index (χ4v) is 2.37. The van der Waals surface area contributed by atoms with Gasteiger partial charge in [-0.1, -0.05) is 22.0 Å². The highest BCUT2D eigenvalue weighted by atomic mass is 79.9. The van der Waals surface area contributed by atoms with E-state index in [1.165, 1.54) is 12.1 Å². The first-order valence-corrected chi connectivity index (χ1v) is 6.97. The van der Waals surface area contributed by atoms with Gasteiger partial charge < -0.3 is 10.6 Å². The molecule has 0 saturated carbocycles. The number of hydrogen-bond acceptors (Lipinski definition) is 2. The third kappa shape index (κ3) is 5.70. The minimum atomic E-state index is -0.284. The molecule has 106 valence electrons. The molecule has 2 N–H and O–H groups in total. The number of hydrogen-bond donors (Lipinski definition) is 2. The molecule has 5 heteroatoms. The van der Waals surface area contributed by atoms with E-state index in [9.17, 15) is 9.18 Å². The van der Waals surface area contributed by atoms with E-state index in [1.54, 1.807) is 6.07 Å². The molecule has 0 aromatic heterocycles. The van der Waals surface area contributed by atoms with E-state index in [1.807, 2.05) is 27.7 Å². The van der Waals surface area contributed by atoms with Gasteiger partial charge in [0, 0.05) is 16.1 Å². The zero-order chi connectivity index (χ0) is 14.6. The summed E-state index contributed by atoms with van der Waals surface area (Å²) < 4.78 is 13.7. The summed E-state index contributed by atoms with van der Waals surface area (Å²) in [6.45, 7) is 7.96. The van der Waals surface area contributed by atoms with Crippen molar-refractivity contribution in [3.63, 3.8) is 0 Å². The van der Waals surface area contributed by atoms with Crippen molar-refractivity contribution in [2.75, 3.05) is 6.54 Å². The number of benzene rings is 1. The molecule has 1 rings (SSSR count). The molecule has 1 amide bonds. The van der Waals surface area contributed by atoms with Crippen LogP contribution >= 0.6 is 15.9 Å². The second kappa shape index (κ2) is 6.48. The first-order valence-electron chi connectivity index (χ1n) is 6.18. The highest BCUT2D eigenvalue weighted by Crippen LogP contribution is 2.23. The third-order valence-electron chi connectivity index (χ3n) is 2.51. The summed E-state index contributed by atoms with van der Waals surface area (Å²) in [4.78, 5) is 11.7. The molecular formula is C14H20BrFN2O. The van der Waals surface area contributed by atoms with Gasteiger partial charge in [0.15, 0.2) is 0 Å². The van der Waals surface area contributed by atoms with E-state index in [4.69, 9.17) is 0 Å². The topological polar surface area (TPSA) is 41.1 Å². The number of halogens is 2. The summed E-state index contributed by atoms with van der Waals surface area (Å²) in [5.74, 6) is -0.342. The van der Waals surface area contributed by atoms with Crippen LogP contribution in [0.15, 0.2) is 22.7 Å². The molecule has 0 fully saturated rings. The van der Waals surface area contributed by atoms with Crippen LogP contribution in [0.4, 0.5) is 4.39 Å². The van der Waals surface area contributed by atoms with E-state index in [0.29, 0.717) is 4.47 Å². The van der Waals surface area contributed by atoms with Crippen LogP contribution in [0.25, 0.3) is 0 Å². The van der Waals surface area contributed by atoms with E-state index in [-0.39, 0.29) is 29.8 Å². The Balaban J connectivity index is 2.56. The van der Waals surface area contributed by atoms with Crippen LogP contribution in [0.3, 0.4) is 0 Å². The maximum atomic E-state index is 13.0. The molecule has 0 aliphatic rings. The quantitative estimate of drug-likeness (QED) is 0.890. The molecule has 1 unspecified atom stereocenters. The van der Waals surface area contributed by atoms with E-state index in [0.717, 1.165) is 5.56 Å². The Bertz CT molecular complexity index is 457. The summed E-state index contributed by atoms with van der Waals surface area (Å²) in [5, 5.41) is 5.99. The normalized spacial score (nSPS) is 13.2. The molecule has 19 heavy (non-hydrogen) atoms. The highest BCUT2D eigenvalue weighted by Gasteiger charge is 2.15. The van der Waals surface area contributed by atoms with Crippen molar-refractivity contribution in [3.8, 4) is 0 Å². The number of nitrogens with one attached hydrogen (secondary N) is 2. The second-order valence-corrected chi connectivity index (χ2v) is 6.42. The lowest BCUT2D eigenvalue weighted by Crippen LogP contribution is -2.45. The Morgan fingerprint density at radius 2 is 2.05 bits per heavy atom. The van der Waals surface area contributed by atoms with E-state index >= 15 is 0 Å². The van der Waals surface area contributed by atoms with Crippen molar-refractivity contribution in [2.24, 2.45) is 0 Å². The molecule has 0 radical (unpaired) electrons. The molecule has 0 heterocycles. The standard InChI is InChI=1S/C14H20BrFN2O/c1-9(11-6-5-10(16)7-12(11)15)17-8-13(19)18-14(2,3)4/h5-7,9,17H,8H2,1-4H3,(H,18,19). The van der Waals surface area contributed by atoms with Crippen molar-refractivity contribution in [1.29, 1.82) is 0 Å². The van der Waals surface area contributed by atoms with E-state index in [2.05, 4.69) is 26.6 Å². The maximum Gasteiger partial charge on any atom is 0.234 e. The number of rotatable bonds is 4. The van der Waals surface area contributed by atoms with E-state index < -0.39 is 0 Å². The zero-order valence-electron chi connectivity index (χ0n) is 11.7. The second-order valence-electron chi connectivity index (χ2n) is 5.57. The van der Waals surface area contributed by atoms with Gasteiger partial charge in [-0.2, -0.15) is 0 Å². The van der Waals surface area contributed by atoms with Crippen LogP contribution in [0.1, 0.15) is 39.3 Å². The van der Waals surface area contributed by atoms with Crippen molar-refractivity contribution >= 4 is 21.8 Å². The molecule has 3 nitrogen and oxygen atoms in total. The van der Waals surface area contributed by atoms with Crippen molar-refractivity contribution in [2.45, 2.75) is 39.3 Å². The third-order valence-corrected chi connectivity index (χ3v) is 3.20. The van der Waals surface area contributed by atoms with Gasteiger partial charge in [0.1, 0.15) is 5.82 Å². The van der Waals surface area contributed by atoms with Crippen LogP contribution in [0.5, 0.6) is 0 Å². The van der Waals surface area contributed by atoms with Gasteiger partial charge in [-0.05, 0) is 45.4 Å². The molecule has 0 bridgehead atoms. The maximum absolute atomic E-state index is 13.0. The van der Waals surface area contributed by atoms with Crippen LogP contribution in [-0.4, -0.2) is 18.0 Å². The van der Waals surface area contributed by atoms with Crippen LogP contribution < -0.4 is 10.6 Å². The van der Waals surface area contributed by atoms with Gasteiger partial charge in [0.2, 0.25) is 5.91 Å². The molecule has 0 spiro atoms. The molecule has 0 saturated heterocycles. The predicted molar refractivity (Wildman–Crippen MR) is 78.4 cm³/mol. The Morgan fingerprint density at radius 3 is 2.58 bits per heavy atom. The lowest BCUT2D eigenvalue weighted by molar-refractivity contribution is -0.121. The van der Waals surface area contributed by atoms with Crippen LogP contribution in [-0.2, 0) is 4.79 Å². The first-order chi connectivity index (χ1) is 8.69. The molecule has 1 aromatic carbocycles. The summed E-state index contributed by atoms with van der Waals surface area (Å²) in [5.41, 5.74) is 0.684. The number of carbonyl (C=O) groups is 1. The SMILES string of the molecule is CC(NCC(=O)NC(C)(C)C)c1ccc(F)cc1Br. The van der Waals surface area contributed by atoms with Crippen molar-refractivity contribution in [1.82, 2.24) is 10.6 Å². The fraction of sp³-hybridized carbons (Fsp3) is 0.500. The minimum absolute atomic E-state index is 0.0410. The van der Waals surface area contributed by atoms with Gasteiger partial charge in [0.05, 0.1) is 6.54 Å². The molecule has 0 aliphatic heterocycles. The Kier molecular flexibility index (Phi) is 5.50. The summed E-state index contributed by atoms with van der Waals surface area (Å²) in [6, 6.07) is 4.50. The zero-order valence-corrected chi connectivity index (χ0v) is 13.3. The van der Waals surface area contributed by atoms with Gasteiger partial charge >= 0.3 is 0 Å². The Hall–Kier alpha value is -0.940. The molecule has 1 aromatic rings. The smallest absolute Gasteiger partial charge is 0.234 e. The Morgan fingerprint density at radius 1 is 1.42 bits per heavy atom. The average molecular weight is 331 g/mol. The highest BCUT2D eigenvalue weighted by molar-refractivity contribution is 9.10. The van der Waals surface area contributed by atoms with Crippen molar-refractivity contribution in [3.05, 3.63) is 34.1 Å². The Labute approximate surface area is 122 Å². The molecule has 0 aliphatic carbocycles. The van der Waals surface area contributed by atoms with Gasteiger partial charge in [-0.3, -0.25) is 4.79 Å². The fourth-order valence-electron chi connectivity index (χ4n) is 1.67. The average Bonchev–Trinajstić information content (AvgIpc) is 2.23. The summed E-state index contributed by atoms with van der Waals surface area (Å²) >= 11 is 3.32. The van der Waals surface area contributed by atoms with Gasteiger partial charge in [-0.15, -0.1) is 0 Å². The van der Waals surface area contributed by atoms with Gasteiger partial charge in [0.25, 0.3) is 0 Å². The van der Waals surface area contributed by atoms with Gasteiger partial charge in [-0.25, -0.2) is 4.39 Å². The molecular weight excluding hydrogens is 311 g/mol. The van der Waals surface area contributed by atoms with Crippen molar-refractivity contribution < 1.29 is 9.18 Å². The van der Waals surface area contributed by atoms with Crippen LogP contribution in [0.2, 0.25) is 0 Å². The summed E-state index contributed by atoms with van der Waals surface area (Å²) in [7, 11) is 0. The predicted octanol–water partition coefficient (Wildman–Crippen LogP) is 3.15. The number of amides is 1. The minimum Gasteiger partial charge on any atom is -0.350 e. The number of carbonyl (C=O) groups excluding carboxylic acids is 1. The summed E-state index contributed by atoms with van der Waals surface area (Å²) in [6.07, 6.45) is 0. The molecule has 1 atom stereocenters.